The van der Waals surface area contributed by atoms with E-state index in [1.807, 2.05) is 6.92 Å². The molecule has 15 heavy (non-hydrogen) atoms. The summed E-state index contributed by atoms with van der Waals surface area (Å²) >= 11 is 3.30. The Labute approximate surface area is 99.0 Å². The summed E-state index contributed by atoms with van der Waals surface area (Å²) in [4.78, 5) is 9.72. The Morgan fingerprint density at radius 2 is 2.33 bits per heavy atom. The first kappa shape index (κ1) is 13.7. The van der Waals surface area contributed by atoms with Crippen LogP contribution in [-0.2, 0) is 13.8 Å². The number of hydrogen-bond donors (Lipinski definition) is 1. The highest BCUT2D eigenvalue weighted by Crippen LogP contribution is 2.53. The van der Waals surface area contributed by atoms with Crippen molar-refractivity contribution in [1.82, 2.24) is 0 Å². The van der Waals surface area contributed by atoms with Crippen LogP contribution in [0.3, 0.4) is 0 Å². The second kappa shape index (κ2) is 5.78. The minimum atomic E-state index is -3.61. The molecule has 0 aromatic heterocycles. The summed E-state index contributed by atoms with van der Waals surface area (Å²) in [5, 5.41) is 0.701. The van der Waals surface area contributed by atoms with E-state index < -0.39 is 13.4 Å². The van der Waals surface area contributed by atoms with Crippen molar-refractivity contribution in [3.05, 3.63) is 0 Å². The van der Waals surface area contributed by atoms with E-state index in [1.165, 1.54) is 0 Å². The molecule has 6 heteroatoms. The number of halogens is 1. The maximum atomic E-state index is 11.8. The first-order valence-corrected chi connectivity index (χ1v) is 7.98. The van der Waals surface area contributed by atoms with Crippen molar-refractivity contribution in [1.29, 1.82) is 0 Å². The highest BCUT2D eigenvalue weighted by atomic mass is 79.9. The second-order valence-corrected chi connectivity index (χ2v) is 6.40. The molecule has 0 aromatic carbocycles. The van der Waals surface area contributed by atoms with Crippen LogP contribution < -0.4 is 0 Å². The average Bonchev–Trinajstić information content (AvgIpc) is 2.65. The molecular weight excluding hydrogens is 283 g/mol. The molecule has 0 radical (unpaired) electrons. The number of ether oxygens (including phenoxy) is 1. The Balaban J connectivity index is 2.51. The van der Waals surface area contributed by atoms with E-state index in [2.05, 4.69) is 15.9 Å². The molecule has 1 saturated heterocycles. The zero-order chi connectivity index (χ0) is 11.5. The Morgan fingerprint density at radius 1 is 1.67 bits per heavy atom. The summed E-state index contributed by atoms with van der Waals surface area (Å²) in [6, 6.07) is 0. The van der Waals surface area contributed by atoms with Crippen LogP contribution in [0.4, 0.5) is 0 Å². The lowest BCUT2D eigenvalue weighted by Gasteiger charge is -2.21. The minimum Gasteiger partial charge on any atom is -0.361 e. The van der Waals surface area contributed by atoms with E-state index in [0.717, 1.165) is 12.8 Å². The van der Waals surface area contributed by atoms with Crippen molar-refractivity contribution in [2.24, 2.45) is 0 Å². The fraction of sp³-hybridized carbons (Fsp3) is 1.00. The molecule has 0 spiro atoms. The molecule has 1 aliphatic rings. The number of hydrogen-bond acceptors (Lipinski definition) is 3. The fourth-order valence-electron chi connectivity index (χ4n) is 1.44. The summed E-state index contributed by atoms with van der Waals surface area (Å²) < 4.78 is 22.4. The summed E-state index contributed by atoms with van der Waals surface area (Å²) in [7, 11) is -3.61. The van der Waals surface area contributed by atoms with E-state index in [0.29, 0.717) is 11.8 Å². The van der Waals surface area contributed by atoms with E-state index in [-0.39, 0.29) is 12.2 Å². The van der Waals surface area contributed by atoms with Crippen LogP contribution in [0.2, 0.25) is 0 Å². The van der Waals surface area contributed by atoms with Crippen LogP contribution in [0.5, 0.6) is 0 Å². The summed E-state index contributed by atoms with van der Waals surface area (Å²) in [6.07, 6.45) is 1.97. The molecule has 1 aliphatic heterocycles. The summed E-state index contributed by atoms with van der Waals surface area (Å²) in [5.74, 6) is -0.644. The predicted octanol–water partition coefficient (Wildman–Crippen LogP) is 2.89. The molecule has 4 nitrogen and oxygen atoms in total. The van der Waals surface area contributed by atoms with E-state index in [4.69, 9.17) is 9.26 Å². The smallest absolute Gasteiger partial charge is 0.356 e. The van der Waals surface area contributed by atoms with Gasteiger partial charge in [0.1, 0.15) is 0 Å². The third-order valence-electron chi connectivity index (χ3n) is 2.53. The fourth-order valence-corrected chi connectivity index (χ4v) is 3.52. The van der Waals surface area contributed by atoms with Gasteiger partial charge in [0.2, 0.25) is 0 Å². The second-order valence-electron chi connectivity index (χ2n) is 3.83. The van der Waals surface area contributed by atoms with Gasteiger partial charge >= 0.3 is 7.60 Å². The highest BCUT2D eigenvalue weighted by Gasteiger charge is 2.40. The van der Waals surface area contributed by atoms with Crippen molar-refractivity contribution in [3.63, 3.8) is 0 Å². The van der Waals surface area contributed by atoms with Crippen molar-refractivity contribution in [3.8, 4) is 0 Å². The summed E-state index contributed by atoms with van der Waals surface area (Å²) in [6.45, 7) is 3.71. The molecule has 0 aliphatic carbocycles. The third kappa shape index (κ3) is 3.82. The quantitative estimate of drug-likeness (QED) is 0.626. The largest absolute Gasteiger partial charge is 0.361 e. The highest BCUT2D eigenvalue weighted by molar-refractivity contribution is 9.09. The zero-order valence-electron chi connectivity index (χ0n) is 9.06. The van der Waals surface area contributed by atoms with Gasteiger partial charge in [-0.15, -0.1) is 0 Å². The molecule has 0 saturated carbocycles. The zero-order valence-corrected chi connectivity index (χ0v) is 11.5. The van der Waals surface area contributed by atoms with Gasteiger partial charge in [-0.2, -0.15) is 0 Å². The first-order valence-electron chi connectivity index (χ1n) is 5.22. The number of alkyl halides is 1. The van der Waals surface area contributed by atoms with E-state index in [9.17, 15) is 9.46 Å². The Bertz CT molecular complexity index is 248. The van der Waals surface area contributed by atoms with Gasteiger partial charge in [-0.25, -0.2) is 0 Å². The maximum Gasteiger partial charge on any atom is 0.356 e. The molecule has 1 fully saturated rings. The van der Waals surface area contributed by atoms with Gasteiger partial charge in [0, 0.05) is 5.33 Å². The predicted molar refractivity (Wildman–Crippen MR) is 62.4 cm³/mol. The molecule has 90 valence electrons. The maximum absolute atomic E-state index is 11.8. The van der Waals surface area contributed by atoms with Crippen molar-refractivity contribution < 1.29 is 18.7 Å². The van der Waals surface area contributed by atoms with Crippen LogP contribution in [0.25, 0.3) is 0 Å². The molecular formula is C9H18BrO4P. The van der Waals surface area contributed by atoms with Gasteiger partial charge in [0.25, 0.3) is 0 Å². The van der Waals surface area contributed by atoms with Gasteiger partial charge in [0.05, 0.1) is 12.2 Å². The van der Waals surface area contributed by atoms with Crippen LogP contribution in [0, 0.1) is 0 Å². The van der Waals surface area contributed by atoms with Gasteiger partial charge < -0.3 is 14.2 Å². The Morgan fingerprint density at radius 3 is 2.80 bits per heavy atom. The molecule has 4 atom stereocenters. The average molecular weight is 301 g/mol. The topological polar surface area (TPSA) is 55.8 Å². The normalized spacial score (nSPS) is 32.5. The Hall–Kier alpha value is 0.590. The molecule has 0 aromatic rings. The Kier molecular flexibility index (Phi) is 5.26. The lowest BCUT2D eigenvalue weighted by molar-refractivity contribution is 0.0712. The number of rotatable bonds is 5. The molecule has 1 heterocycles. The van der Waals surface area contributed by atoms with Gasteiger partial charge in [-0.3, -0.25) is 4.57 Å². The van der Waals surface area contributed by atoms with E-state index in [1.54, 1.807) is 6.92 Å². The van der Waals surface area contributed by atoms with E-state index >= 15 is 0 Å². The standard InChI is InChI=1S/C9H18BrO4P/c1-3-7(2)14-15(11,12)9-5-4-8(6-10)13-9/h7-9H,3-6H2,1-2H3,(H,11,12). The first-order chi connectivity index (χ1) is 6.99. The van der Waals surface area contributed by atoms with Crippen molar-refractivity contribution in [2.75, 3.05) is 5.33 Å². The molecule has 0 bridgehead atoms. The monoisotopic (exact) mass is 300 g/mol. The van der Waals surface area contributed by atoms with Crippen LogP contribution in [-0.4, -0.2) is 28.3 Å². The third-order valence-corrected chi connectivity index (χ3v) is 5.02. The van der Waals surface area contributed by atoms with Crippen LogP contribution in [0.15, 0.2) is 0 Å². The minimum absolute atomic E-state index is 0.0380. The van der Waals surface area contributed by atoms with Gasteiger partial charge in [-0.1, -0.05) is 22.9 Å². The molecule has 4 unspecified atom stereocenters. The van der Waals surface area contributed by atoms with Gasteiger partial charge in [-0.05, 0) is 26.2 Å². The lowest BCUT2D eigenvalue weighted by atomic mass is 10.3. The summed E-state index contributed by atoms with van der Waals surface area (Å²) in [5.41, 5.74) is 0. The van der Waals surface area contributed by atoms with Crippen LogP contribution in [0.1, 0.15) is 33.1 Å². The molecule has 0 amide bonds. The molecule has 1 N–H and O–H groups in total. The lowest BCUT2D eigenvalue weighted by Crippen LogP contribution is -2.16. The SMILES string of the molecule is CCC(C)OP(=O)(O)C1CCC(CBr)O1. The van der Waals surface area contributed by atoms with Crippen molar-refractivity contribution >= 4 is 23.5 Å². The van der Waals surface area contributed by atoms with Crippen molar-refractivity contribution in [2.45, 2.75) is 51.2 Å². The molecule has 1 rings (SSSR count). The van der Waals surface area contributed by atoms with Gasteiger partial charge in [0.15, 0.2) is 5.85 Å². The van der Waals surface area contributed by atoms with Crippen LogP contribution >= 0.6 is 23.5 Å².